The fourth-order valence-electron chi connectivity index (χ4n) is 2.62. The summed E-state index contributed by atoms with van der Waals surface area (Å²) in [4.78, 5) is 0. The molecule has 1 nitrogen and oxygen atoms in total. The molecule has 1 heteroatoms. The summed E-state index contributed by atoms with van der Waals surface area (Å²) >= 11 is 0. The molecule has 1 aromatic rings. The monoisotopic (exact) mass is 257 g/mol. The van der Waals surface area contributed by atoms with E-state index in [-0.39, 0.29) is 0 Å². The second-order valence-corrected chi connectivity index (χ2v) is 5.69. The molecule has 0 heterocycles. The Labute approximate surface area is 118 Å². The van der Waals surface area contributed by atoms with Crippen LogP contribution in [0.4, 0.5) is 5.69 Å². The highest BCUT2D eigenvalue weighted by Crippen LogP contribution is 2.34. The molecular formula is C18H27N. The zero-order valence-corrected chi connectivity index (χ0v) is 12.6. The lowest BCUT2D eigenvalue weighted by Crippen LogP contribution is -2.01. The van der Waals surface area contributed by atoms with Crippen molar-refractivity contribution < 1.29 is 0 Å². The SMILES string of the molecule is CC/C=C(/C)c1ccc(CCC2CC2)cc1NCC. The first kappa shape index (κ1) is 14.2. The van der Waals surface area contributed by atoms with Crippen molar-refractivity contribution in [2.45, 2.75) is 52.9 Å². The number of aryl methyl sites for hydroxylation is 1. The van der Waals surface area contributed by atoms with E-state index >= 15 is 0 Å². The van der Waals surface area contributed by atoms with E-state index in [2.05, 4.69) is 50.4 Å². The van der Waals surface area contributed by atoms with E-state index in [1.54, 1.807) is 0 Å². The summed E-state index contributed by atoms with van der Waals surface area (Å²) in [6.07, 6.45) is 8.92. The van der Waals surface area contributed by atoms with E-state index in [4.69, 9.17) is 0 Å². The predicted octanol–water partition coefficient (Wildman–Crippen LogP) is 5.27. The largest absolute Gasteiger partial charge is 0.385 e. The van der Waals surface area contributed by atoms with Crippen molar-refractivity contribution in [3.8, 4) is 0 Å². The van der Waals surface area contributed by atoms with Crippen LogP contribution in [0.2, 0.25) is 0 Å². The van der Waals surface area contributed by atoms with Gasteiger partial charge in [0.15, 0.2) is 0 Å². The lowest BCUT2D eigenvalue weighted by molar-refractivity contribution is 0.727. The molecule has 1 N–H and O–H groups in total. The summed E-state index contributed by atoms with van der Waals surface area (Å²) in [6, 6.07) is 6.96. The Kier molecular flexibility index (Phi) is 5.07. The molecule has 19 heavy (non-hydrogen) atoms. The normalized spacial score (nSPS) is 15.6. The lowest BCUT2D eigenvalue weighted by atomic mass is 9.99. The molecule has 0 saturated heterocycles. The van der Waals surface area contributed by atoms with Crippen molar-refractivity contribution >= 4 is 11.3 Å². The first-order valence-electron chi connectivity index (χ1n) is 7.78. The summed E-state index contributed by atoms with van der Waals surface area (Å²) in [5.41, 5.74) is 5.53. The number of hydrogen-bond donors (Lipinski definition) is 1. The van der Waals surface area contributed by atoms with Crippen molar-refractivity contribution in [2.75, 3.05) is 11.9 Å². The van der Waals surface area contributed by atoms with Crippen LogP contribution in [0.3, 0.4) is 0 Å². The molecule has 0 amide bonds. The molecule has 0 radical (unpaired) electrons. The van der Waals surface area contributed by atoms with Crippen molar-refractivity contribution in [3.05, 3.63) is 35.4 Å². The van der Waals surface area contributed by atoms with Crippen LogP contribution < -0.4 is 5.32 Å². The number of hydrogen-bond acceptors (Lipinski definition) is 1. The maximum atomic E-state index is 3.52. The smallest absolute Gasteiger partial charge is 0.0419 e. The van der Waals surface area contributed by atoms with Crippen molar-refractivity contribution in [1.82, 2.24) is 0 Å². The average Bonchev–Trinajstić information content (AvgIpc) is 3.21. The summed E-state index contributed by atoms with van der Waals surface area (Å²) in [6.45, 7) is 7.56. The summed E-state index contributed by atoms with van der Waals surface area (Å²) in [5.74, 6) is 1.02. The van der Waals surface area contributed by atoms with Gasteiger partial charge in [0, 0.05) is 17.8 Å². The lowest BCUT2D eigenvalue weighted by Gasteiger charge is -2.13. The van der Waals surface area contributed by atoms with Crippen molar-refractivity contribution in [1.29, 1.82) is 0 Å². The zero-order valence-electron chi connectivity index (χ0n) is 12.6. The van der Waals surface area contributed by atoms with Gasteiger partial charge < -0.3 is 5.32 Å². The van der Waals surface area contributed by atoms with Crippen molar-refractivity contribution in [3.63, 3.8) is 0 Å². The molecule has 0 atom stereocenters. The van der Waals surface area contributed by atoms with Gasteiger partial charge in [-0.25, -0.2) is 0 Å². The molecule has 1 aliphatic carbocycles. The minimum atomic E-state index is 0.985. The Morgan fingerprint density at radius 2 is 2.11 bits per heavy atom. The molecule has 0 aliphatic heterocycles. The number of allylic oxidation sites excluding steroid dienone is 2. The highest BCUT2D eigenvalue weighted by Gasteiger charge is 2.20. The van der Waals surface area contributed by atoms with Gasteiger partial charge in [-0.1, -0.05) is 38.0 Å². The quantitative estimate of drug-likeness (QED) is 0.701. The molecule has 1 saturated carbocycles. The molecule has 1 fully saturated rings. The minimum absolute atomic E-state index is 0.985. The van der Waals surface area contributed by atoms with E-state index in [1.165, 1.54) is 48.1 Å². The van der Waals surface area contributed by atoms with Gasteiger partial charge >= 0.3 is 0 Å². The third kappa shape index (κ3) is 4.12. The van der Waals surface area contributed by atoms with Gasteiger partial charge in [-0.3, -0.25) is 0 Å². The molecule has 1 aliphatic rings. The van der Waals surface area contributed by atoms with Crippen LogP contribution in [0.15, 0.2) is 24.3 Å². The fourth-order valence-corrected chi connectivity index (χ4v) is 2.62. The third-order valence-corrected chi connectivity index (χ3v) is 3.92. The Hall–Kier alpha value is -1.24. The average molecular weight is 257 g/mol. The van der Waals surface area contributed by atoms with Crippen LogP contribution in [0.5, 0.6) is 0 Å². The molecule has 1 aromatic carbocycles. The molecule has 0 unspecified atom stereocenters. The Bertz CT molecular complexity index is 441. The Morgan fingerprint density at radius 3 is 2.74 bits per heavy atom. The summed E-state index contributed by atoms with van der Waals surface area (Å²) < 4.78 is 0. The maximum absolute atomic E-state index is 3.52. The Balaban J connectivity index is 2.15. The number of anilines is 1. The molecular weight excluding hydrogens is 230 g/mol. The van der Waals surface area contributed by atoms with E-state index in [0.29, 0.717) is 0 Å². The van der Waals surface area contributed by atoms with Gasteiger partial charge in [-0.2, -0.15) is 0 Å². The number of benzene rings is 1. The Morgan fingerprint density at radius 1 is 1.32 bits per heavy atom. The van der Waals surface area contributed by atoms with E-state index < -0.39 is 0 Å². The molecule has 0 aromatic heterocycles. The van der Waals surface area contributed by atoms with Crippen LogP contribution in [-0.2, 0) is 6.42 Å². The van der Waals surface area contributed by atoms with Gasteiger partial charge in [0.05, 0.1) is 0 Å². The minimum Gasteiger partial charge on any atom is -0.385 e. The second kappa shape index (κ2) is 6.79. The van der Waals surface area contributed by atoms with Crippen LogP contribution in [0, 0.1) is 5.92 Å². The highest BCUT2D eigenvalue weighted by atomic mass is 14.9. The van der Waals surface area contributed by atoms with E-state index in [0.717, 1.165) is 18.9 Å². The molecule has 0 spiro atoms. The van der Waals surface area contributed by atoms with Gasteiger partial charge in [0.1, 0.15) is 0 Å². The second-order valence-electron chi connectivity index (χ2n) is 5.69. The fraction of sp³-hybridized carbons (Fsp3) is 0.556. The predicted molar refractivity (Wildman–Crippen MR) is 85.6 cm³/mol. The van der Waals surface area contributed by atoms with Crippen LogP contribution in [0.1, 0.15) is 57.6 Å². The molecule has 104 valence electrons. The van der Waals surface area contributed by atoms with E-state index in [9.17, 15) is 0 Å². The van der Waals surface area contributed by atoms with E-state index in [1.807, 2.05) is 0 Å². The topological polar surface area (TPSA) is 12.0 Å². The first-order valence-corrected chi connectivity index (χ1v) is 7.78. The van der Waals surface area contributed by atoms with Crippen LogP contribution >= 0.6 is 0 Å². The standard InChI is InChI=1S/C18H27N/c1-4-6-14(3)17-12-11-16(10-9-15-7-8-15)13-18(17)19-5-2/h6,11-13,15,19H,4-5,7-10H2,1-3H3/b14-6-. The highest BCUT2D eigenvalue weighted by molar-refractivity contribution is 5.75. The zero-order chi connectivity index (χ0) is 13.7. The number of rotatable bonds is 7. The van der Waals surface area contributed by atoms with Gasteiger partial charge in [-0.15, -0.1) is 0 Å². The van der Waals surface area contributed by atoms with Gasteiger partial charge in [0.2, 0.25) is 0 Å². The van der Waals surface area contributed by atoms with Gasteiger partial charge in [0.25, 0.3) is 0 Å². The first-order chi connectivity index (χ1) is 9.24. The number of nitrogens with one attached hydrogen (secondary N) is 1. The maximum Gasteiger partial charge on any atom is 0.0419 e. The van der Waals surface area contributed by atoms with Crippen molar-refractivity contribution in [2.24, 2.45) is 5.92 Å². The van der Waals surface area contributed by atoms with Crippen LogP contribution in [-0.4, -0.2) is 6.54 Å². The summed E-state index contributed by atoms with van der Waals surface area (Å²) in [7, 11) is 0. The molecule has 2 rings (SSSR count). The third-order valence-electron chi connectivity index (χ3n) is 3.92. The molecule has 0 bridgehead atoms. The van der Waals surface area contributed by atoms with Gasteiger partial charge in [-0.05, 0) is 56.2 Å². The summed E-state index contributed by atoms with van der Waals surface area (Å²) in [5, 5.41) is 3.52. The van der Waals surface area contributed by atoms with Crippen LogP contribution in [0.25, 0.3) is 5.57 Å².